The highest BCUT2D eigenvalue weighted by atomic mass is 16.5. The first-order valence-corrected chi connectivity index (χ1v) is 7.46. The minimum atomic E-state index is -0.214. The molecule has 1 amide bonds. The van der Waals surface area contributed by atoms with Crippen LogP contribution in [0.1, 0.15) is 28.7 Å². The Kier molecular flexibility index (Phi) is 4.23. The molecule has 2 heterocycles. The Morgan fingerprint density at radius 1 is 1.30 bits per heavy atom. The number of nitrogens with one attached hydrogen (secondary N) is 1. The normalized spacial score (nSPS) is 10.7. The van der Waals surface area contributed by atoms with Crippen molar-refractivity contribution < 1.29 is 9.53 Å². The summed E-state index contributed by atoms with van der Waals surface area (Å²) < 4.78 is 7.04. The summed E-state index contributed by atoms with van der Waals surface area (Å²) in [4.78, 5) is 16.8. The Hall–Kier alpha value is -2.89. The van der Waals surface area contributed by atoms with Crippen molar-refractivity contribution in [3.8, 4) is 5.75 Å². The highest BCUT2D eigenvalue weighted by molar-refractivity contribution is 5.92. The van der Waals surface area contributed by atoms with Crippen molar-refractivity contribution in [2.24, 2.45) is 0 Å². The van der Waals surface area contributed by atoms with E-state index >= 15 is 0 Å². The minimum Gasteiger partial charge on any atom is -0.496 e. The molecule has 0 aliphatic carbocycles. The fourth-order valence-electron chi connectivity index (χ4n) is 2.46. The van der Waals surface area contributed by atoms with Gasteiger partial charge in [0.05, 0.1) is 13.3 Å². The summed E-state index contributed by atoms with van der Waals surface area (Å²) in [5, 5.41) is 7.10. The van der Waals surface area contributed by atoms with Gasteiger partial charge in [-0.1, -0.05) is 25.1 Å². The molecule has 118 valence electrons. The van der Waals surface area contributed by atoms with E-state index in [0.717, 1.165) is 23.4 Å². The number of methoxy groups -OCH3 is 1. The first kappa shape index (κ1) is 15.0. The fraction of sp³-hybridized carbons (Fsp3) is 0.235. The molecular formula is C17H18N4O2. The maximum atomic E-state index is 12.4. The van der Waals surface area contributed by atoms with Gasteiger partial charge in [-0.15, -0.1) is 0 Å². The molecule has 0 aliphatic heterocycles. The fourth-order valence-corrected chi connectivity index (χ4v) is 2.46. The van der Waals surface area contributed by atoms with Crippen LogP contribution in [-0.4, -0.2) is 27.6 Å². The van der Waals surface area contributed by atoms with E-state index in [1.807, 2.05) is 31.2 Å². The van der Waals surface area contributed by atoms with Crippen LogP contribution in [0.3, 0.4) is 0 Å². The molecule has 0 aliphatic rings. The van der Waals surface area contributed by atoms with E-state index in [9.17, 15) is 4.79 Å². The Bertz CT molecular complexity index is 841. The lowest BCUT2D eigenvalue weighted by Crippen LogP contribution is -2.24. The predicted molar refractivity (Wildman–Crippen MR) is 86.5 cm³/mol. The van der Waals surface area contributed by atoms with Crippen LogP contribution in [0.4, 0.5) is 0 Å². The van der Waals surface area contributed by atoms with Gasteiger partial charge in [0.2, 0.25) is 0 Å². The average molecular weight is 310 g/mol. The Balaban J connectivity index is 1.80. The highest BCUT2D eigenvalue weighted by Crippen LogP contribution is 2.17. The number of rotatable bonds is 5. The maximum Gasteiger partial charge on any atom is 0.270 e. The number of ether oxygens (including phenoxy) is 1. The molecule has 6 heteroatoms. The molecule has 0 spiro atoms. The third kappa shape index (κ3) is 3.01. The number of aromatic nitrogens is 3. The molecule has 23 heavy (non-hydrogen) atoms. The number of aryl methyl sites for hydroxylation is 1. The first-order valence-electron chi connectivity index (χ1n) is 7.46. The second-order valence-corrected chi connectivity index (χ2v) is 5.08. The van der Waals surface area contributed by atoms with Crippen LogP contribution in [-0.2, 0) is 13.0 Å². The average Bonchev–Trinajstić information content (AvgIpc) is 3.07. The quantitative estimate of drug-likeness (QED) is 0.784. The molecule has 0 unspecified atom stereocenters. The monoisotopic (exact) mass is 310 g/mol. The van der Waals surface area contributed by atoms with Gasteiger partial charge in [0.15, 0.2) is 5.65 Å². The number of amides is 1. The number of fused-ring (bicyclic) bond motifs is 1. The standard InChI is InChI=1S/C17H18N4O2/c1-3-13-10-14(20-16-8-9-19-21(13)16)17(22)18-11-12-6-4-5-7-15(12)23-2/h4-10H,3,11H2,1-2H3,(H,18,22). The topological polar surface area (TPSA) is 68.5 Å². The minimum absolute atomic E-state index is 0.214. The zero-order valence-corrected chi connectivity index (χ0v) is 13.1. The maximum absolute atomic E-state index is 12.4. The summed E-state index contributed by atoms with van der Waals surface area (Å²) >= 11 is 0. The van der Waals surface area contributed by atoms with Crippen molar-refractivity contribution >= 4 is 11.6 Å². The van der Waals surface area contributed by atoms with Gasteiger partial charge in [0.25, 0.3) is 5.91 Å². The van der Waals surface area contributed by atoms with Crippen molar-refractivity contribution in [2.45, 2.75) is 19.9 Å². The number of hydrogen-bond donors (Lipinski definition) is 1. The Morgan fingerprint density at radius 3 is 2.91 bits per heavy atom. The van der Waals surface area contributed by atoms with Gasteiger partial charge >= 0.3 is 0 Å². The van der Waals surface area contributed by atoms with Gasteiger partial charge in [-0.05, 0) is 18.6 Å². The Morgan fingerprint density at radius 2 is 2.13 bits per heavy atom. The van der Waals surface area contributed by atoms with E-state index in [0.29, 0.717) is 17.9 Å². The summed E-state index contributed by atoms with van der Waals surface area (Å²) in [7, 11) is 1.61. The molecule has 1 N–H and O–H groups in total. The zero-order chi connectivity index (χ0) is 16.2. The molecule has 3 rings (SSSR count). The van der Waals surface area contributed by atoms with E-state index < -0.39 is 0 Å². The van der Waals surface area contributed by atoms with Crippen LogP contribution < -0.4 is 10.1 Å². The number of benzene rings is 1. The lowest BCUT2D eigenvalue weighted by atomic mass is 10.2. The van der Waals surface area contributed by atoms with Crippen molar-refractivity contribution in [3.05, 3.63) is 59.5 Å². The lowest BCUT2D eigenvalue weighted by molar-refractivity contribution is 0.0945. The number of hydrogen-bond acceptors (Lipinski definition) is 4. The zero-order valence-electron chi connectivity index (χ0n) is 13.1. The van der Waals surface area contributed by atoms with Crippen LogP contribution >= 0.6 is 0 Å². The number of carbonyl (C=O) groups is 1. The summed E-state index contributed by atoms with van der Waals surface area (Å²) in [6.07, 6.45) is 2.45. The molecule has 0 bridgehead atoms. The van der Waals surface area contributed by atoms with Crippen LogP contribution in [0, 0.1) is 0 Å². The SMILES string of the molecule is CCc1cc(C(=O)NCc2ccccc2OC)nc2ccnn12. The third-order valence-electron chi connectivity index (χ3n) is 3.66. The van der Waals surface area contributed by atoms with Crippen LogP contribution in [0.5, 0.6) is 5.75 Å². The van der Waals surface area contributed by atoms with Gasteiger partial charge < -0.3 is 10.1 Å². The summed E-state index contributed by atoms with van der Waals surface area (Å²) in [5.74, 6) is 0.538. The molecule has 0 saturated heterocycles. The van der Waals surface area contributed by atoms with Gasteiger partial charge in [-0.25, -0.2) is 9.50 Å². The van der Waals surface area contributed by atoms with Gasteiger partial charge in [-0.3, -0.25) is 4.79 Å². The largest absolute Gasteiger partial charge is 0.496 e. The molecule has 1 aromatic carbocycles. The van der Waals surface area contributed by atoms with E-state index in [2.05, 4.69) is 15.4 Å². The van der Waals surface area contributed by atoms with Gasteiger partial charge in [0, 0.05) is 23.9 Å². The number of nitrogens with zero attached hydrogens (tertiary/aromatic N) is 3. The van der Waals surface area contributed by atoms with E-state index in [1.54, 1.807) is 30.0 Å². The van der Waals surface area contributed by atoms with E-state index in [1.165, 1.54) is 0 Å². The van der Waals surface area contributed by atoms with Gasteiger partial charge in [0.1, 0.15) is 11.4 Å². The number of carbonyl (C=O) groups excluding carboxylic acids is 1. The second-order valence-electron chi connectivity index (χ2n) is 5.08. The van der Waals surface area contributed by atoms with E-state index in [4.69, 9.17) is 4.74 Å². The van der Waals surface area contributed by atoms with Crippen molar-refractivity contribution in [1.29, 1.82) is 0 Å². The number of para-hydroxylation sites is 1. The van der Waals surface area contributed by atoms with Crippen molar-refractivity contribution in [2.75, 3.05) is 7.11 Å². The van der Waals surface area contributed by atoms with Gasteiger partial charge in [-0.2, -0.15) is 5.10 Å². The third-order valence-corrected chi connectivity index (χ3v) is 3.66. The van der Waals surface area contributed by atoms with Crippen LogP contribution in [0.2, 0.25) is 0 Å². The predicted octanol–water partition coefficient (Wildman–Crippen LogP) is 2.23. The molecule has 6 nitrogen and oxygen atoms in total. The van der Waals surface area contributed by atoms with Crippen LogP contribution in [0.25, 0.3) is 5.65 Å². The molecule has 2 aromatic heterocycles. The summed E-state index contributed by atoms with van der Waals surface area (Å²) in [6, 6.07) is 11.2. The Labute approximate surface area is 134 Å². The lowest BCUT2D eigenvalue weighted by Gasteiger charge is -2.10. The molecule has 3 aromatic rings. The molecule has 0 atom stereocenters. The molecule has 0 saturated carbocycles. The second kappa shape index (κ2) is 6.48. The van der Waals surface area contributed by atoms with Crippen molar-refractivity contribution in [1.82, 2.24) is 19.9 Å². The molecule has 0 fully saturated rings. The summed E-state index contributed by atoms with van der Waals surface area (Å²) in [6.45, 7) is 2.41. The molecular weight excluding hydrogens is 292 g/mol. The smallest absolute Gasteiger partial charge is 0.270 e. The summed E-state index contributed by atoms with van der Waals surface area (Å²) in [5.41, 5.74) is 2.93. The molecule has 0 radical (unpaired) electrons. The van der Waals surface area contributed by atoms with Crippen molar-refractivity contribution in [3.63, 3.8) is 0 Å². The van der Waals surface area contributed by atoms with Crippen LogP contribution in [0.15, 0.2) is 42.6 Å². The van der Waals surface area contributed by atoms with E-state index in [-0.39, 0.29) is 5.91 Å². The highest BCUT2D eigenvalue weighted by Gasteiger charge is 2.12. The first-order chi connectivity index (χ1) is 11.2.